The highest BCUT2D eigenvalue weighted by Gasteiger charge is 2.14. The van der Waals surface area contributed by atoms with Crippen molar-refractivity contribution in [3.8, 4) is 0 Å². The fourth-order valence-electron chi connectivity index (χ4n) is 0.940. The first-order valence-electron chi connectivity index (χ1n) is 3.41. The van der Waals surface area contributed by atoms with Crippen molar-refractivity contribution >= 4 is 12.6 Å². The molecule has 1 aromatic heterocycles. The Labute approximate surface area is 65.9 Å². The van der Waals surface area contributed by atoms with Gasteiger partial charge in [-0.15, -0.1) is 0 Å². The lowest BCUT2D eigenvalue weighted by Gasteiger charge is -2.05. The van der Waals surface area contributed by atoms with Crippen LogP contribution in [0.25, 0.3) is 0 Å². The predicted molar refractivity (Wildman–Crippen MR) is 43.5 cm³/mol. The molecule has 0 spiro atoms. The molecule has 4 heteroatoms. The van der Waals surface area contributed by atoms with E-state index in [2.05, 4.69) is 4.98 Å². The summed E-state index contributed by atoms with van der Waals surface area (Å²) in [5.74, 6) is 0. The van der Waals surface area contributed by atoms with Crippen molar-refractivity contribution in [3.05, 3.63) is 23.5 Å². The van der Waals surface area contributed by atoms with Gasteiger partial charge in [0.2, 0.25) is 0 Å². The van der Waals surface area contributed by atoms with Crippen molar-refractivity contribution in [2.75, 3.05) is 0 Å². The zero-order valence-electron chi connectivity index (χ0n) is 6.57. The van der Waals surface area contributed by atoms with E-state index in [1.807, 2.05) is 13.8 Å². The van der Waals surface area contributed by atoms with Gasteiger partial charge in [0.25, 0.3) is 0 Å². The summed E-state index contributed by atoms with van der Waals surface area (Å²) in [5.41, 5.74) is 2.19. The zero-order valence-corrected chi connectivity index (χ0v) is 6.57. The van der Waals surface area contributed by atoms with Crippen LogP contribution in [0.5, 0.6) is 0 Å². The average Bonchev–Trinajstić information content (AvgIpc) is 1.94. The largest absolute Gasteiger partial charge is 0.488 e. The molecule has 0 fully saturated rings. The maximum absolute atomic E-state index is 8.86. The van der Waals surface area contributed by atoms with Gasteiger partial charge in [0.1, 0.15) is 0 Å². The molecule has 0 bridgehead atoms. The van der Waals surface area contributed by atoms with Crippen LogP contribution in [-0.2, 0) is 0 Å². The molecular weight excluding hydrogens is 141 g/mol. The minimum absolute atomic E-state index is 0.525. The van der Waals surface area contributed by atoms with Crippen LogP contribution in [0.3, 0.4) is 0 Å². The lowest BCUT2D eigenvalue weighted by molar-refractivity contribution is 0.425. The molecule has 0 aliphatic heterocycles. The molecule has 58 valence electrons. The Morgan fingerprint density at radius 2 is 2.00 bits per heavy atom. The van der Waals surface area contributed by atoms with E-state index < -0.39 is 7.12 Å². The van der Waals surface area contributed by atoms with Gasteiger partial charge in [-0.2, -0.15) is 0 Å². The van der Waals surface area contributed by atoms with Crippen molar-refractivity contribution in [1.82, 2.24) is 4.98 Å². The lowest BCUT2D eigenvalue weighted by atomic mass is 9.77. The Morgan fingerprint density at radius 3 is 2.45 bits per heavy atom. The molecule has 0 aromatic carbocycles. The van der Waals surface area contributed by atoms with E-state index in [1.165, 1.54) is 0 Å². The number of nitrogens with zero attached hydrogens (tertiary/aromatic N) is 1. The predicted octanol–water partition coefficient (Wildman–Crippen LogP) is -0.622. The van der Waals surface area contributed by atoms with Crippen LogP contribution in [0.15, 0.2) is 12.3 Å². The van der Waals surface area contributed by atoms with E-state index in [1.54, 1.807) is 12.3 Å². The zero-order chi connectivity index (χ0) is 8.43. The van der Waals surface area contributed by atoms with Gasteiger partial charge in [-0.25, -0.2) is 0 Å². The Morgan fingerprint density at radius 1 is 1.36 bits per heavy atom. The van der Waals surface area contributed by atoms with Gasteiger partial charge in [-0.05, 0) is 30.9 Å². The Balaban J connectivity index is 3.17. The first-order valence-corrected chi connectivity index (χ1v) is 3.41. The highest BCUT2D eigenvalue weighted by Crippen LogP contribution is 1.98. The maximum Gasteiger partial charge on any atom is 0.488 e. The van der Waals surface area contributed by atoms with Crippen LogP contribution in [0.1, 0.15) is 11.3 Å². The molecule has 2 N–H and O–H groups in total. The molecule has 0 radical (unpaired) electrons. The summed E-state index contributed by atoms with van der Waals surface area (Å²) in [6.07, 6.45) is 1.57. The highest BCUT2D eigenvalue weighted by molar-refractivity contribution is 6.59. The number of rotatable bonds is 1. The van der Waals surface area contributed by atoms with Crippen molar-refractivity contribution in [1.29, 1.82) is 0 Å². The Kier molecular flexibility index (Phi) is 2.26. The number of pyridine rings is 1. The van der Waals surface area contributed by atoms with Crippen molar-refractivity contribution in [3.63, 3.8) is 0 Å². The molecular formula is C7H10BNO2. The quantitative estimate of drug-likeness (QED) is 0.525. The van der Waals surface area contributed by atoms with Gasteiger partial charge in [0.05, 0.1) is 0 Å². The van der Waals surface area contributed by atoms with E-state index in [-0.39, 0.29) is 0 Å². The summed E-state index contributed by atoms with van der Waals surface area (Å²) in [6.45, 7) is 3.65. The van der Waals surface area contributed by atoms with Crippen LogP contribution in [0.2, 0.25) is 0 Å². The third-order valence-corrected chi connectivity index (χ3v) is 1.78. The van der Waals surface area contributed by atoms with Crippen LogP contribution in [0.4, 0.5) is 0 Å². The monoisotopic (exact) mass is 151 g/mol. The minimum Gasteiger partial charge on any atom is -0.423 e. The van der Waals surface area contributed by atoms with Gasteiger partial charge in [0.15, 0.2) is 0 Å². The molecule has 0 atom stereocenters. The molecule has 0 aliphatic carbocycles. The molecule has 11 heavy (non-hydrogen) atoms. The summed E-state index contributed by atoms with van der Waals surface area (Å²) in [7, 11) is -1.39. The highest BCUT2D eigenvalue weighted by atomic mass is 16.4. The molecule has 0 aliphatic rings. The van der Waals surface area contributed by atoms with Crippen LogP contribution < -0.4 is 5.46 Å². The average molecular weight is 151 g/mol. The third kappa shape index (κ3) is 1.58. The lowest BCUT2D eigenvalue weighted by Crippen LogP contribution is -2.32. The Bertz CT molecular complexity index is 263. The van der Waals surface area contributed by atoms with Gasteiger partial charge >= 0.3 is 7.12 Å². The number of hydrogen-bond donors (Lipinski definition) is 2. The molecule has 0 amide bonds. The Hall–Kier alpha value is -0.865. The molecule has 1 rings (SSSR count). The number of aryl methyl sites for hydroxylation is 1. The fourth-order valence-corrected chi connectivity index (χ4v) is 0.940. The summed E-state index contributed by atoms with van der Waals surface area (Å²) in [4.78, 5) is 4.00. The molecule has 0 saturated heterocycles. The van der Waals surface area contributed by atoms with Gasteiger partial charge < -0.3 is 10.0 Å². The second-order valence-corrected chi connectivity index (χ2v) is 2.48. The van der Waals surface area contributed by atoms with Crippen LogP contribution in [-0.4, -0.2) is 22.2 Å². The topological polar surface area (TPSA) is 53.4 Å². The molecule has 3 nitrogen and oxygen atoms in total. The number of aromatic nitrogens is 1. The molecule has 1 aromatic rings. The minimum atomic E-state index is -1.39. The first kappa shape index (κ1) is 8.23. The SMILES string of the molecule is Cc1nccc(B(O)O)c1C. The van der Waals surface area contributed by atoms with E-state index >= 15 is 0 Å². The standard InChI is InChI=1S/C7H10BNO2/c1-5-6(2)9-4-3-7(5)8(10)11/h3-4,10-11H,1-2H3. The van der Waals surface area contributed by atoms with E-state index in [0.29, 0.717) is 5.46 Å². The smallest absolute Gasteiger partial charge is 0.423 e. The van der Waals surface area contributed by atoms with Crippen molar-refractivity contribution in [2.24, 2.45) is 0 Å². The summed E-state index contributed by atoms with van der Waals surface area (Å²) < 4.78 is 0. The van der Waals surface area contributed by atoms with Crippen LogP contribution >= 0.6 is 0 Å². The fraction of sp³-hybridized carbons (Fsp3) is 0.286. The number of hydrogen-bond acceptors (Lipinski definition) is 3. The van der Waals surface area contributed by atoms with Gasteiger partial charge in [0, 0.05) is 11.9 Å². The summed E-state index contributed by atoms with van der Waals surface area (Å²) in [5, 5.41) is 17.7. The van der Waals surface area contributed by atoms with Crippen LogP contribution in [0, 0.1) is 13.8 Å². The molecule has 0 unspecified atom stereocenters. The van der Waals surface area contributed by atoms with Crippen molar-refractivity contribution < 1.29 is 10.0 Å². The second-order valence-electron chi connectivity index (χ2n) is 2.48. The molecule has 1 heterocycles. The van der Waals surface area contributed by atoms with Crippen molar-refractivity contribution in [2.45, 2.75) is 13.8 Å². The summed E-state index contributed by atoms with van der Waals surface area (Å²) >= 11 is 0. The van der Waals surface area contributed by atoms with Gasteiger partial charge in [-0.1, -0.05) is 0 Å². The molecule has 0 saturated carbocycles. The van der Waals surface area contributed by atoms with E-state index in [9.17, 15) is 0 Å². The van der Waals surface area contributed by atoms with Gasteiger partial charge in [-0.3, -0.25) is 4.98 Å². The normalized spacial score (nSPS) is 9.82. The second kappa shape index (κ2) is 3.03. The van der Waals surface area contributed by atoms with E-state index in [0.717, 1.165) is 11.3 Å². The summed E-state index contributed by atoms with van der Waals surface area (Å²) in [6, 6.07) is 1.60. The maximum atomic E-state index is 8.86. The van der Waals surface area contributed by atoms with E-state index in [4.69, 9.17) is 10.0 Å². The third-order valence-electron chi connectivity index (χ3n) is 1.78. The first-order chi connectivity index (χ1) is 5.13.